The molecule has 0 bridgehead atoms. The molecule has 0 aromatic heterocycles. The fourth-order valence-electron chi connectivity index (χ4n) is 2.06. The van der Waals surface area contributed by atoms with E-state index < -0.39 is 17.1 Å². The predicted molar refractivity (Wildman–Crippen MR) is 68.6 cm³/mol. The minimum Gasteiger partial charge on any atom is -0.372 e. The lowest BCUT2D eigenvalue weighted by atomic mass is 9.75. The summed E-state index contributed by atoms with van der Waals surface area (Å²) < 4.78 is 26.5. The molecule has 0 spiro atoms. The maximum atomic E-state index is 13.3. The Hall–Kier alpha value is -0.930. The maximum Gasteiger partial charge on any atom is 0.306 e. The smallest absolute Gasteiger partial charge is 0.306 e. The van der Waals surface area contributed by atoms with Crippen molar-refractivity contribution < 1.29 is 13.6 Å². The fraction of sp³-hybridized carbons (Fsp3) is 0.786. The second-order valence-electron chi connectivity index (χ2n) is 6.76. The van der Waals surface area contributed by atoms with Crippen molar-refractivity contribution in [1.82, 2.24) is 4.90 Å². The highest BCUT2D eigenvalue weighted by molar-refractivity contribution is 6.01. The first-order valence-electron chi connectivity index (χ1n) is 6.27. The van der Waals surface area contributed by atoms with Crippen molar-refractivity contribution in [3.05, 3.63) is 11.8 Å². The van der Waals surface area contributed by atoms with E-state index >= 15 is 0 Å². The summed E-state index contributed by atoms with van der Waals surface area (Å²) in [5.74, 6) is -4.36. The molecule has 1 aliphatic rings. The molecule has 0 aliphatic carbocycles. The van der Waals surface area contributed by atoms with Crippen LogP contribution in [0, 0.1) is 5.41 Å². The first-order valence-corrected chi connectivity index (χ1v) is 6.27. The molecule has 0 fully saturated rings. The summed E-state index contributed by atoms with van der Waals surface area (Å²) in [6.07, 6.45) is 2.33. The number of nitrogens with zero attached hydrogens (tertiary/aromatic N) is 1. The SMILES string of the molecule is CC(F)(F)C(=O)C1=CN(C(C)(C)C)CCC1(C)C. The van der Waals surface area contributed by atoms with Crippen LogP contribution in [0.2, 0.25) is 0 Å². The Morgan fingerprint density at radius 2 is 1.78 bits per heavy atom. The van der Waals surface area contributed by atoms with Crippen molar-refractivity contribution in [2.45, 2.75) is 59.4 Å². The second-order valence-corrected chi connectivity index (χ2v) is 6.76. The predicted octanol–water partition coefficient (Wildman–Crippen LogP) is 3.63. The Bertz CT molecular complexity index is 372. The van der Waals surface area contributed by atoms with Crippen molar-refractivity contribution in [2.24, 2.45) is 5.41 Å². The molecule has 2 nitrogen and oxygen atoms in total. The van der Waals surface area contributed by atoms with Gasteiger partial charge in [-0.1, -0.05) is 13.8 Å². The van der Waals surface area contributed by atoms with Crippen LogP contribution in [-0.2, 0) is 4.79 Å². The van der Waals surface area contributed by atoms with Gasteiger partial charge in [-0.2, -0.15) is 8.78 Å². The monoisotopic (exact) mass is 259 g/mol. The van der Waals surface area contributed by atoms with Gasteiger partial charge >= 0.3 is 5.92 Å². The molecule has 104 valence electrons. The molecule has 1 aliphatic heterocycles. The van der Waals surface area contributed by atoms with Gasteiger partial charge in [-0.25, -0.2) is 0 Å². The summed E-state index contributed by atoms with van der Waals surface area (Å²) in [6, 6.07) is 0. The maximum absolute atomic E-state index is 13.3. The average Bonchev–Trinajstić information content (AvgIpc) is 2.12. The Balaban J connectivity index is 3.18. The van der Waals surface area contributed by atoms with Gasteiger partial charge in [-0.05, 0) is 32.6 Å². The Morgan fingerprint density at radius 3 is 2.17 bits per heavy atom. The van der Waals surface area contributed by atoms with Gasteiger partial charge in [0.2, 0.25) is 5.78 Å². The fourth-order valence-corrected chi connectivity index (χ4v) is 2.06. The van der Waals surface area contributed by atoms with Gasteiger partial charge in [0, 0.05) is 30.8 Å². The van der Waals surface area contributed by atoms with Crippen molar-refractivity contribution in [3.8, 4) is 0 Å². The quantitative estimate of drug-likeness (QED) is 0.755. The molecule has 0 amide bonds. The molecule has 0 radical (unpaired) electrons. The topological polar surface area (TPSA) is 20.3 Å². The van der Waals surface area contributed by atoms with E-state index in [1.165, 1.54) is 0 Å². The second kappa shape index (κ2) is 4.32. The Morgan fingerprint density at radius 1 is 1.28 bits per heavy atom. The van der Waals surface area contributed by atoms with Gasteiger partial charge in [0.25, 0.3) is 0 Å². The Labute approximate surface area is 108 Å². The van der Waals surface area contributed by atoms with Crippen molar-refractivity contribution in [3.63, 3.8) is 0 Å². The minimum absolute atomic E-state index is 0.162. The normalized spacial score (nSPS) is 20.7. The molecular weight excluding hydrogens is 236 g/mol. The van der Waals surface area contributed by atoms with Crippen molar-refractivity contribution in [1.29, 1.82) is 0 Å². The lowest BCUT2D eigenvalue weighted by molar-refractivity contribution is -0.137. The molecule has 1 heterocycles. The number of allylic oxidation sites excluding steroid dienone is 1. The molecule has 0 aromatic rings. The number of rotatable bonds is 2. The molecule has 0 atom stereocenters. The van der Waals surface area contributed by atoms with Gasteiger partial charge in [-0.3, -0.25) is 4.79 Å². The van der Waals surface area contributed by atoms with E-state index in [0.717, 1.165) is 6.54 Å². The summed E-state index contributed by atoms with van der Waals surface area (Å²) in [5.41, 5.74) is -0.417. The Kier molecular flexibility index (Phi) is 3.63. The number of Topliss-reactive ketones (excluding diaryl/α,β-unsaturated/α-hetero) is 1. The zero-order valence-corrected chi connectivity index (χ0v) is 12.1. The summed E-state index contributed by atoms with van der Waals surface area (Å²) in [7, 11) is 0. The first kappa shape index (κ1) is 15.1. The van der Waals surface area contributed by atoms with E-state index in [9.17, 15) is 13.6 Å². The van der Waals surface area contributed by atoms with Crippen molar-refractivity contribution in [2.75, 3.05) is 6.54 Å². The third-order valence-corrected chi connectivity index (χ3v) is 3.50. The summed E-state index contributed by atoms with van der Waals surface area (Å²) in [4.78, 5) is 13.8. The third kappa shape index (κ3) is 3.09. The van der Waals surface area contributed by atoms with Gasteiger partial charge in [0.05, 0.1) is 0 Å². The summed E-state index contributed by atoms with van der Waals surface area (Å²) >= 11 is 0. The average molecular weight is 259 g/mol. The zero-order valence-electron chi connectivity index (χ0n) is 12.1. The lowest BCUT2D eigenvalue weighted by Crippen LogP contribution is -2.46. The van der Waals surface area contributed by atoms with Crippen LogP contribution in [-0.4, -0.2) is 28.7 Å². The molecular formula is C14H23F2NO. The van der Waals surface area contributed by atoms with Crippen LogP contribution in [0.4, 0.5) is 8.78 Å². The van der Waals surface area contributed by atoms with Crippen LogP contribution in [0.3, 0.4) is 0 Å². The third-order valence-electron chi connectivity index (χ3n) is 3.50. The molecule has 0 aromatic carbocycles. The highest BCUT2D eigenvalue weighted by Gasteiger charge is 2.43. The first-order chi connectivity index (χ1) is 7.86. The molecule has 4 heteroatoms. The molecule has 0 N–H and O–H groups in total. The number of hydrogen-bond acceptors (Lipinski definition) is 2. The van der Waals surface area contributed by atoms with E-state index in [0.29, 0.717) is 13.3 Å². The zero-order chi connectivity index (χ0) is 14.4. The van der Waals surface area contributed by atoms with E-state index in [2.05, 4.69) is 0 Å². The molecule has 0 unspecified atom stereocenters. The van der Waals surface area contributed by atoms with Crippen LogP contribution in [0.1, 0.15) is 48.0 Å². The van der Waals surface area contributed by atoms with Crippen LogP contribution in [0.5, 0.6) is 0 Å². The standard InChI is InChI=1S/C14H23F2NO/c1-12(2,3)17-8-7-13(4,5)10(9-17)11(18)14(6,15)16/h9H,7-8H2,1-6H3. The van der Waals surface area contributed by atoms with Gasteiger partial charge in [0.15, 0.2) is 0 Å². The number of carbonyl (C=O) groups is 1. The van der Waals surface area contributed by atoms with E-state index in [1.807, 2.05) is 39.5 Å². The van der Waals surface area contributed by atoms with Crippen LogP contribution >= 0.6 is 0 Å². The van der Waals surface area contributed by atoms with E-state index in [1.54, 1.807) is 6.20 Å². The van der Waals surface area contributed by atoms with Gasteiger partial charge in [0.1, 0.15) is 0 Å². The minimum atomic E-state index is -3.30. The molecule has 18 heavy (non-hydrogen) atoms. The van der Waals surface area contributed by atoms with Crippen LogP contribution in [0.15, 0.2) is 11.8 Å². The number of halogens is 2. The number of carbonyl (C=O) groups excluding carboxylic acids is 1. The largest absolute Gasteiger partial charge is 0.372 e. The molecule has 0 saturated carbocycles. The highest BCUT2D eigenvalue weighted by Crippen LogP contribution is 2.39. The number of hydrogen-bond donors (Lipinski definition) is 0. The summed E-state index contributed by atoms with van der Waals surface area (Å²) in [6.45, 7) is 11.2. The summed E-state index contributed by atoms with van der Waals surface area (Å²) in [5, 5.41) is 0. The molecule has 0 saturated heterocycles. The van der Waals surface area contributed by atoms with Crippen molar-refractivity contribution >= 4 is 5.78 Å². The van der Waals surface area contributed by atoms with E-state index in [-0.39, 0.29) is 11.1 Å². The number of ketones is 1. The van der Waals surface area contributed by atoms with Gasteiger partial charge in [-0.15, -0.1) is 0 Å². The van der Waals surface area contributed by atoms with Crippen LogP contribution in [0.25, 0.3) is 0 Å². The van der Waals surface area contributed by atoms with Gasteiger partial charge < -0.3 is 4.90 Å². The lowest BCUT2D eigenvalue weighted by Gasteiger charge is -2.43. The number of alkyl halides is 2. The molecule has 1 rings (SSSR count). The van der Waals surface area contributed by atoms with E-state index in [4.69, 9.17) is 0 Å². The highest BCUT2D eigenvalue weighted by atomic mass is 19.3. The van der Waals surface area contributed by atoms with Crippen LogP contribution < -0.4 is 0 Å².